The maximum Gasteiger partial charge on any atom is 0.245 e. The van der Waals surface area contributed by atoms with E-state index in [4.69, 9.17) is 0 Å². The van der Waals surface area contributed by atoms with Crippen molar-refractivity contribution in [1.82, 2.24) is 9.29 Å². The van der Waals surface area contributed by atoms with Crippen molar-refractivity contribution < 1.29 is 13.2 Å². The monoisotopic (exact) mass is 469 g/mol. The topological polar surface area (TPSA) is 79.4 Å². The fraction of sp³-hybridized carbons (Fsp3) is 0.333. The first-order valence-electron chi connectivity index (χ1n) is 10.8. The lowest BCUT2D eigenvalue weighted by atomic mass is 9.96. The molecule has 3 aromatic rings. The van der Waals surface area contributed by atoms with E-state index in [0.717, 1.165) is 47.9 Å². The number of sulfonamides is 1. The average molecular weight is 470 g/mol. The molecular weight excluding hydrogens is 442 g/mol. The second-order valence-electron chi connectivity index (χ2n) is 7.97. The molecule has 1 amide bonds. The van der Waals surface area contributed by atoms with Gasteiger partial charge < -0.3 is 5.32 Å². The maximum absolute atomic E-state index is 13.3. The van der Waals surface area contributed by atoms with E-state index in [1.54, 1.807) is 37.5 Å². The van der Waals surface area contributed by atoms with Crippen LogP contribution in [0.25, 0.3) is 10.9 Å². The Hall–Kier alpha value is -2.42. The molecular formula is C24H27N3O3S2. The molecule has 0 radical (unpaired) electrons. The number of benzene rings is 2. The molecule has 1 aliphatic carbocycles. The van der Waals surface area contributed by atoms with Gasteiger partial charge in [0.2, 0.25) is 15.9 Å². The summed E-state index contributed by atoms with van der Waals surface area (Å²) < 4.78 is 28.1. The van der Waals surface area contributed by atoms with Crippen LogP contribution in [0.4, 0.5) is 5.69 Å². The number of hydrogen-bond donors (Lipinski definition) is 1. The Balaban J connectivity index is 1.48. The third-order valence-corrected chi connectivity index (χ3v) is 8.92. The van der Waals surface area contributed by atoms with Crippen LogP contribution in [0.2, 0.25) is 0 Å². The van der Waals surface area contributed by atoms with Crippen molar-refractivity contribution in [1.29, 1.82) is 0 Å². The van der Waals surface area contributed by atoms with Gasteiger partial charge in [-0.1, -0.05) is 49.6 Å². The number of nitrogens with one attached hydrogen (secondary N) is 1. The Bertz CT molecular complexity index is 1200. The van der Waals surface area contributed by atoms with E-state index in [1.165, 1.54) is 16.1 Å². The molecule has 0 saturated heterocycles. The number of para-hydroxylation sites is 2. The van der Waals surface area contributed by atoms with Crippen molar-refractivity contribution in [3.8, 4) is 0 Å². The maximum atomic E-state index is 13.3. The standard InChI is InChI=1S/C24H27N3O3S2/c1-27(18-9-3-2-4-10-18)32(29,30)23-14-8-7-13-21(23)26-24(28)17-31-22-15-16-25-20-12-6-5-11-19(20)22/h5-8,11-16,18H,2-4,9-10,17H2,1H3,(H,26,28). The molecule has 1 saturated carbocycles. The Kier molecular flexibility index (Phi) is 7.13. The summed E-state index contributed by atoms with van der Waals surface area (Å²) in [5.41, 5.74) is 1.19. The number of rotatable bonds is 7. The van der Waals surface area contributed by atoms with E-state index in [-0.39, 0.29) is 22.6 Å². The highest BCUT2D eigenvalue weighted by atomic mass is 32.2. The zero-order valence-electron chi connectivity index (χ0n) is 18.0. The number of thioether (sulfide) groups is 1. The Morgan fingerprint density at radius 1 is 1.06 bits per heavy atom. The first-order chi connectivity index (χ1) is 15.5. The summed E-state index contributed by atoms with van der Waals surface area (Å²) in [6.45, 7) is 0. The van der Waals surface area contributed by atoms with Crippen LogP contribution < -0.4 is 5.32 Å². The van der Waals surface area contributed by atoms with Crippen molar-refractivity contribution in [2.45, 2.75) is 47.9 Å². The van der Waals surface area contributed by atoms with Gasteiger partial charge in [-0.3, -0.25) is 9.78 Å². The molecule has 2 aromatic carbocycles. The number of amides is 1. The van der Waals surface area contributed by atoms with Crippen LogP contribution in [0.3, 0.4) is 0 Å². The van der Waals surface area contributed by atoms with Crippen molar-refractivity contribution >= 4 is 44.3 Å². The molecule has 1 N–H and O–H groups in total. The van der Waals surface area contributed by atoms with Gasteiger partial charge in [-0.05, 0) is 37.1 Å². The molecule has 0 bridgehead atoms. The van der Waals surface area contributed by atoms with E-state index >= 15 is 0 Å². The Morgan fingerprint density at radius 3 is 2.59 bits per heavy atom. The van der Waals surface area contributed by atoms with Gasteiger partial charge in [-0.15, -0.1) is 11.8 Å². The number of hydrogen-bond acceptors (Lipinski definition) is 5. The van der Waals surface area contributed by atoms with Crippen LogP contribution in [-0.4, -0.2) is 42.5 Å². The van der Waals surface area contributed by atoms with Crippen molar-refractivity contribution in [2.24, 2.45) is 0 Å². The normalized spacial score (nSPS) is 15.2. The van der Waals surface area contributed by atoms with Crippen LogP contribution >= 0.6 is 11.8 Å². The first kappa shape index (κ1) is 22.8. The number of fused-ring (bicyclic) bond motifs is 1. The van der Waals surface area contributed by atoms with Crippen LogP contribution in [0.15, 0.2) is 70.6 Å². The van der Waals surface area contributed by atoms with E-state index in [0.29, 0.717) is 5.69 Å². The third-order valence-electron chi connectivity index (χ3n) is 5.87. The summed E-state index contributed by atoms with van der Waals surface area (Å²) in [5, 5.41) is 3.80. The lowest BCUT2D eigenvalue weighted by Gasteiger charge is -2.30. The van der Waals surface area contributed by atoms with Crippen LogP contribution in [0.1, 0.15) is 32.1 Å². The number of carbonyl (C=O) groups excluding carboxylic acids is 1. The number of nitrogens with zero attached hydrogens (tertiary/aromatic N) is 2. The zero-order valence-corrected chi connectivity index (χ0v) is 19.7. The quantitative estimate of drug-likeness (QED) is 0.497. The summed E-state index contributed by atoms with van der Waals surface area (Å²) in [7, 11) is -2.06. The highest BCUT2D eigenvalue weighted by molar-refractivity contribution is 8.00. The summed E-state index contributed by atoms with van der Waals surface area (Å²) in [6.07, 6.45) is 6.72. The minimum atomic E-state index is -3.71. The third kappa shape index (κ3) is 4.98. The summed E-state index contributed by atoms with van der Waals surface area (Å²) in [5.74, 6) is -0.0835. The van der Waals surface area contributed by atoms with Crippen molar-refractivity contribution in [3.05, 3.63) is 60.8 Å². The summed E-state index contributed by atoms with van der Waals surface area (Å²) in [4.78, 5) is 18.2. The highest BCUT2D eigenvalue weighted by Crippen LogP contribution is 2.30. The molecule has 1 aromatic heterocycles. The van der Waals surface area contributed by atoms with Gasteiger partial charge in [-0.25, -0.2) is 8.42 Å². The SMILES string of the molecule is CN(C1CCCCC1)S(=O)(=O)c1ccccc1NC(=O)CSc1ccnc2ccccc12. The lowest BCUT2D eigenvalue weighted by molar-refractivity contribution is -0.113. The van der Waals surface area contributed by atoms with Gasteiger partial charge in [0.25, 0.3) is 0 Å². The van der Waals surface area contributed by atoms with Gasteiger partial charge >= 0.3 is 0 Å². The Morgan fingerprint density at radius 2 is 1.78 bits per heavy atom. The molecule has 4 rings (SSSR count). The van der Waals surface area contributed by atoms with Crippen LogP contribution in [0.5, 0.6) is 0 Å². The molecule has 0 aliphatic heterocycles. The predicted molar refractivity (Wildman–Crippen MR) is 129 cm³/mol. The predicted octanol–water partition coefficient (Wildman–Crippen LogP) is 4.92. The second kappa shape index (κ2) is 10.0. The fourth-order valence-corrected chi connectivity index (χ4v) is 6.52. The van der Waals surface area contributed by atoms with Crippen molar-refractivity contribution in [3.63, 3.8) is 0 Å². The van der Waals surface area contributed by atoms with E-state index < -0.39 is 10.0 Å². The second-order valence-corrected chi connectivity index (χ2v) is 11.0. The molecule has 1 fully saturated rings. The molecule has 6 nitrogen and oxygen atoms in total. The lowest BCUT2D eigenvalue weighted by Crippen LogP contribution is -2.38. The van der Waals surface area contributed by atoms with Gasteiger partial charge in [0.05, 0.1) is 17.0 Å². The molecule has 0 unspecified atom stereocenters. The van der Waals surface area contributed by atoms with Gasteiger partial charge in [0, 0.05) is 29.6 Å². The zero-order chi connectivity index (χ0) is 22.6. The minimum Gasteiger partial charge on any atom is -0.324 e. The number of pyridine rings is 1. The molecule has 8 heteroatoms. The summed E-state index contributed by atoms with van der Waals surface area (Å²) in [6, 6.07) is 16.3. The average Bonchev–Trinajstić information content (AvgIpc) is 2.83. The molecule has 1 heterocycles. The fourth-order valence-electron chi connectivity index (χ4n) is 4.12. The van der Waals surface area contributed by atoms with Crippen LogP contribution in [-0.2, 0) is 14.8 Å². The number of carbonyl (C=O) groups is 1. The minimum absolute atomic E-state index is 0.00744. The molecule has 1 aliphatic rings. The smallest absolute Gasteiger partial charge is 0.245 e. The highest BCUT2D eigenvalue weighted by Gasteiger charge is 2.31. The summed E-state index contributed by atoms with van der Waals surface area (Å²) >= 11 is 1.41. The van der Waals surface area contributed by atoms with Gasteiger partial charge in [-0.2, -0.15) is 4.31 Å². The van der Waals surface area contributed by atoms with Crippen LogP contribution in [0, 0.1) is 0 Å². The van der Waals surface area contributed by atoms with Gasteiger partial charge in [0.15, 0.2) is 0 Å². The Labute approximate surface area is 193 Å². The molecule has 0 atom stereocenters. The number of anilines is 1. The molecule has 0 spiro atoms. The molecule has 32 heavy (non-hydrogen) atoms. The van der Waals surface area contributed by atoms with E-state index in [9.17, 15) is 13.2 Å². The largest absolute Gasteiger partial charge is 0.324 e. The molecule has 168 valence electrons. The van der Waals surface area contributed by atoms with Gasteiger partial charge in [0.1, 0.15) is 4.90 Å². The van der Waals surface area contributed by atoms with E-state index in [1.807, 2.05) is 30.3 Å². The first-order valence-corrected chi connectivity index (χ1v) is 13.2. The van der Waals surface area contributed by atoms with E-state index in [2.05, 4.69) is 10.3 Å². The van der Waals surface area contributed by atoms with Crippen molar-refractivity contribution in [2.75, 3.05) is 18.1 Å². The number of aromatic nitrogens is 1.